The highest BCUT2D eigenvalue weighted by Gasteiger charge is 2.19. The Morgan fingerprint density at radius 1 is 0.357 bits per heavy atom. The zero-order valence-electron chi connectivity index (χ0n) is 37.4. The van der Waals surface area contributed by atoms with Crippen LogP contribution in [-0.2, 0) is 28.6 Å². The third-order valence-corrected chi connectivity index (χ3v) is 10.7. The summed E-state index contributed by atoms with van der Waals surface area (Å²) in [7, 11) is 0. The second kappa shape index (κ2) is 45.6. The number of hydrogen-bond acceptors (Lipinski definition) is 6. The lowest BCUT2D eigenvalue weighted by Crippen LogP contribution is -2.30. The zero-order valence-corrected chi connectivity index (χ0v) is 37.4. The van der Waals surface area contributed by atoms with Crippen LogP contribution in [0.15, 0.2) is 24.3 Å². The molecule has 0 aliphatic rings. The lowest BCUT2D eigenvalue weighted by molar-refractivity contribution is -0.167. The Labute approximate surface area is 347 Å². The van der Waals surface area contributed by atoms with Gasteiger partial charge in [0.15, 0.2) is 6.10 Å². The normalized spacial score (nSPS) is 12.1. The molecule has 0 aliphatic carbocycles. The summed E-state index contributed by atoms with van der Waals surface area (Å²) in [5, 5.41) is 0. The first-order chi connectivity index (χ1) is 27.5. The maximum atomic E-state index is 12.7. The van der Waals surface area contributed by atoms with Gasteiger partial charge in [0.2, 0.25) is 0 Å². The minimum atomic E-state index is -0.769. The van der Waals surface area contributed by atoms with Crippen LogP contribution in [0.4, 0.5) is 0 Å². The molecule has 56 heavy (non-hydrogen) atoms. The van der Waals surface area contributed by atoms with Crippen molar-refractivity contribution < 1.29 is 28.6 Å². The largest absolute Gasteiger partial charge is 0.462 e. The molecule has 0 aromatic heterocycles. The number of hydrogen-bond donors (Lipinski definition) is 0. The van der Waals surface area contributed by atoms with E-state index >= 15 is 0 Å². The molecular formula is C50H92O6. The van der Waals surface area contributed by atoms with E-state index in [1.807, 2.05) is 0 Å². The van der Waals surface area contributed by atoms with Crippen LogP contribution in [0.3, 0.4) is 0 Å². The van der Waals surface area contributed by atoms with E-state index in [1.165, 1.54) is 141 Å². The van der Waals surface area contributed by atoms with E-state index in [4.69, 9.17) is 14.2 Å². The Hall–Kier alpha value is -2.11. The van der Waals surface area contributed by atoms with Gasteiger partial charge in [-0.2, -0.15) is 0 Å². The molecule has 0 aliphatic heterocycles. The smallest absolute Gasteiger partial charge is 0.306 e. The van der Waals surface area contributed by atoms with Gasteiger partial charge in [0.1, 0.15) is 13.2 Å². The number of unbranched alkanes of at least 4 members (excludes halogenated alkanes) is 30. The summed E-state index contributed by atoms with van der Waals surface area (Å²) in [5.41, 5.74) is 0. The molecule has 0 rings (SSSR count). The first-order valence-corrected chi connectivity index (χ1v) is 24.4. The van der Waals surface area contributed by atoms with Crippen LogP contribution in [0.5, 0.6) is 0 Å². The molecule has 0 aromatic rings. The van der Waals surface area contributed by atoms with Crippen molar-refractivity contribution in [3.05, 3.63) is 24.3 Å². The van der Waals surface area contributed by atoms with Gasteiger partial charge < -0.3 is 14.2 Å². The standard InChI is InChI=1S/C50H92O6/c1-4-7-10-13-16-19-21-22-23-24-25-26-27-29-31-34-37-40-43-49(52)55-46-47(45-54-48(51)42-39-36-33-30-18-15-12-9-6-3)56-50(53)44-41-38-35-32-28-20-17-14-11-8-5-2/h23-26,47H,4-22,27-46H2,1-3H3/b24-23-,26-25-. The fourth-order valence-electron chi connectivity index (χ4n) is 7.02. The lowest BCUT2D eigenvalue weighted by atomic mass is 10.1. The highest BCUT2D eigenvalue weighted by molar-refractivity contribution is 5.71. The molecule has 0 amide bonds. The van der Waals surface area contributed by atoms with Crippen molar-refractivity contribution in [1.82, 2.24) is 0 Å². The van der Waals surface area contributed by atoms with Gasteiger partial charge in [-0.3, -0.25) is 14.4 Å². The van der Waals surface area contributed by atoms with Gasteiger partial charge in [0.05, 0.1) is 0 Å². The number of ether oxygens (including phenoxy) is 3. The summed E-state index contributed by atoms with van der Waals surface area (Å²) >= 11 is 0. The number of rotatable bonds is 44. The van der Waals surface area contributed by atoms with E-state index in [9.17, 15) is 14.4 Å². The van der Waals surface area contributed by atoms with E-state index in [2.05, 4.69) is 45.1 Å². The SMILES string of the molecule is CCCCCCCCC/C=C\C=C/CCCCCCCC(=O)OCC(COC(=O)CCCCCCCCCCC)OC(=O)CCCCCCCCCCCCC. The lowest BCUT2D eigenvalue weighted by Gasteiger charge is -2.18. The summed E-state index contributed by atoms with van der Waals surface area (Å²) < 4.78 is 16.7. The Balaban J connectivity index is 4.30. The number of allylic oxidation sites excluding steroid dienone is 4. The van der Waals surface area contributed by atoms with Crippen LogP contribution < -0.4 is 0 Å². The molecule has 0 saturated carbocycles. The first kappa shape index (κ1) is 53.9. The molecule has 1 atom stereocenters. The third-order valence-electron chi connectivity index (χ3n) is 10.7. The van der Waals surface area contributed by atoms with Crippen LogP contribution in [0, 0.1) is 0 Å². The van der Waals surface area contributed by atoms with Crippen molar-refractivity contribution in [1.29, 1.82) is 0 Å². The maximum Gasteiger partial charge on any atom is 0.306 e. The van der Waals surface area contributed by atoms with Crippen molar-refractivity contribution in [2.75, 3.05) is 13.2 Å². The quantitative estimate of drug-likeness (QED) is 0.0265. The van der Waals surface area contributed by atoms with Crippen LogP contribution in [0.25, 0.3) is 0 Å². The molecule has 0 spiro atoms. The minimum absolute atomic E-state index is 0.0725. The number of esters is 3. The average Bonchev–Trinajstić information content (AvgIpc) is 3.19. The van der Waals surface area contributed by atoms with E-state index in [0.29, 0.717) is 19.3 Å². The molecule has 0 N–H and O–H groups in total. The van der Waals surface area contributed by atoms with Gasteiger partial charge in [-0.05, 0) is 44.9 Å². The average molecular weight is 789 g/mol. The molecule has 0 fully saturated rings. The Morgan fingerprint density at radius 2 is 0.625 bits per heavy atom. The highest BCUT2D eigenvalue weighted by atomic mass is 16.6. The van der Waals surface area contributed by atoms with Gasteiger partial charge in [-0.25, -0.2) is 0 Å². The Bertz CT molecular complexity index is 911. The van der Waals surface area contributed by atoms with Crippen molar-refractivity contribution in [2.24, 2.45) is 0 Å². The van der Waals surface area contributed by atoms with Gasteiger partial charge in [0, 0.05) is 19.3 Å². The van der Waals surface area contributed by atoms with Crippen molar-refractivity contribution in [3.8, 4) is 0 Å². The molecule has 0 aromatic carbocycles. The molecule has 0 heterocycles. The van der Waals surface area contributed by atoms with Gasteiger partial charge in [0.25, 0.3) is 0 Å². The summed E-state index contributed by atoms with van der Waals surface area (Å²) in [5.74, 6) is -0.883. The predicted molar refractivity (Wildman–Crippen MR) is 238 cm³/mol. The van der Waals surface area contributed by atoms with Gasteiger partial charge in [-0.1, -0.05) is 218 Å². The third kappa shape index (κ3) is 43.0. The van der Waals surface area contributed by atoms with Crippen LogP contribution in [0.1, 0.15) is 258 Å². The number of carbonyl (C=O) groups is 3. The Kier molecular flexibility index (Phi) is 43.9. The van der Waals surface area contributed by atoms with Crippen molar-refractivity contribution >= 4 is 17.9 Å². The van der Waals surface area contributed by atoms with Crippen LogP contribution in [-0.4, -0.2) is 37.2 Å². The van der Waals surface area contributed by atoms with E-state index in [1.54, 1.807) is 0 Å². The van der Waals surface area contributed by atoms with Crippen molar-refractivity contribution in [3.63, 3.8) is 0 Å². The van der Waals surface area contributed by atoms with E-state index < -0.39 is 6.10 Å². The topological polar surface area (TPSA) is 78.9 Å². The van der Waals surface area contributed by atoms with Gasteiger partial charge >= 0.3 is 17.9 Å². The predicted octanol–water partition coefficient (Wildman–Crippen LogP) is 15.6. The van der Waals surface area contributed by atoms with Gasteiger partial charge in [-0.15, -0.1) is 0 Å². The molecular weight excluding hydrogens is 697 g/mol. The zero-order chi connectivity index (χ0) is 40.8. The van der Waals surface area contributed by atoms with E-state index in [0.717, 1.165) is 77.0 Å². The molecule has 0 saturated heterocycles. The summed E-state index contributed by atoms with van der Waals surface area (Å²) in [4.78, 5) is 37.7. The first-order valence-electron chi connectivity index (χ1n) is 24.4. The minimum Gasteiger partial charge on any atom is -0.462 e. The summed E-state index contributed by atoms with van der Waals surface area (Å²) in [6.45, 7) is 6.60. The van der Waals surface area contributed by atoms with Crippen LogP contribution >= 0.6 is 0 Å². The van der Waals surface area contributed by atoms with Crippen LogP contribution in [0.2, 0.25) is 0 Å². The summed E-state index contributed by atoms with van der Waals surface area (Å²) in [6, 6.07) is 0. The second-order valence-corrected chi connectivity index (χ2v) is 16.4. The molecule has 328 valence electrons. The molecule has 0 radical (unpaired) electrons. The molecule has 6 heteroatoms. The molecule has 0 bridgehead atoms. The highest BCUT2D eigenvalue weighted by Crippen LogP contribution is 2.15. The van der Waals surface area contributed by atoms with E-state index in [-0.39, 0.29) is 31.1 Å². The number of carbonyl (C=O) groups excluding carboxylic acids is 3. The Morgan fingerprint density at radius 3 is 0.946 bits per heavy atom. The second-order valence-electron chi connectivity index (χ2n) is 16.4. The molecule has 1 unspecified atom stereocenters. The monoisotopic (exact) mass is 789 g/mol. The maximum absolute atomic E-state index is 12.7. The van der Waals surface area contributed by atoms with Crippen molar-refractivity contribution in [2.45, 2.75) is 264 Å². The summed E-state index contributed by atoms with van der Waals surface area (Å²) in [6.07, 6.45) is 50.2. The fraction of sp³-hybridized carbons (Fsp3) is 0.860. The fourth-order valence-corrected chi connectivity index (χ4v) is 7.02. The molecule has 6 nitrogen and oxygen atoms in total.